The second-order valence-corrected chi connectivity index (χ2v) is 9.28. The van der Waals surface area contributed by atoms with Crippen LogP contribution in [0.2, 0.25) is 0 Å². The first kappa shape index (κ1) is 15.5. The van der Waals surface area contributed by atoms with E-state index in [4.69, 9.17) is 0 Å². The molecule has 0 aromatic carbocycles. The van der Waals surface area contributed by atoms with Gasteiger partial charge >= 0.3 is 0 Å². The number of hydrogen-bond acceptors (Lipinski definition) is 5. The number of sulfone groups is 1. The molecule has 1 N–H and O–H groups in total. The number of rotatable bonds is 4. The first-order valence-electron chi connectivity index (χ1n) is 6.35. The van der Waals surface area contributed by atoms with Crippen LogP contribution in [0.5, 0.6) is 0 Å². The summed E-state index contributed by atoms with van der Waals surface area (Å²) in [6, 6.07) is 0. The lowest BCUT2D eigenvalue weighted by Crippen LogP contribution is -2.39. The van der Waals surface area contributed by atoms with E-state index in [0.717, 1.165) is 19.1 Å². The normalized spacial score (nSPS) is 22.0. The van der Waals surface area contributed by atoms with E-state index in [0.29, 0.717) is 25.2 Å². The van der Waals surface area contributed by atoms with Crippen LogP contribution in [-0.4, -0.2) is 56.9 Å². The molecule has 1 fully saturated rings. The molecule has 1 aromatic heterocycles. The Kier molecular flexibility index (Phi) is 4.22. The molecule has 0 aliphatic carbocycles. The third-order valence-corrected chi connectivity index (χ3v) is 5.94. The smallest absolute Gasteiger partial charge is 0.211 e. The third-order valence-electron chi connectivity index (χ3n) is 3.52. The van der Waals surface area contributed by atoms with E-state index in [-0.39, 0.29) is 10.8 Å². The zero-order valence-electron chi connectivity index (χ0n) is 11.5. The van der Waals surface area contributed by atoms with Gasteiger partial charge in [-0.25, -0.2) is 21.1 Å². The van der Waals surface area contributed by atoms with Gasteiger partial charge in [-0.1, -0.05) is 0 Å². The van der Waals surface area contributed by atoms with E-state index in [1.807, 2.05) is 0 Å². The minimum atomic E-state index is -3.31. The Morgan fingerprint density at radius 3 is 2.65 bits per heavy atom. The van der Waals surface area contributed by atoms with E-state index in [1.54, 1.807) is 0 Å². The van der Waals surface area contributed by atoms with Crippen molar-refractivity contribution in [1.29, 1.82) is 0 Å². The predicted octanol–water partition coefficient (Wildman–Crippen LogP) is 0.0273. The number of aromatic nitrogens is 2. The minimum absolute atomic E-state index is 0.111. The molecule has 1 atom stereocenters. The average Bonchev–Trinajstić information content (AvgIpc) is 2.76. The second kappa shape index (κ2) is 5.45. The molecular formula is C11H19N3O4S2. The molecule has 7 nitrogen and oxygen atoms in total. The van der Waals surface area contributed by atoms with Crippen LogP contribution in [0.3, 0.4) is 0 Å². The van der Waals surface area contributed by atoms with Crippen LogP contribution in [0, 0.1) is 5.92 Å². The summed E-state index contributed by atoms with van der Waals surface area (Å²) in [5.41, 5.74) is 0.563. The van der Waals surface area contributed by atoms with Crippen LogP contribution in [0.4, 0.5) is 0 Å². The van der Waals surface area contributed by atoms with E-state index < -0.39 is 19.9 Å². The lowest BCUT2D eigenvalue weighted by atomic mass is 9.95. The highest BCUT2D eigenvalue weighted by molar-refractivity contribution is 7.90. The molecule has 0 radical (unpaired) electrons. The van der Waals surface area contributed by atoms with Crippen LogP contribution in [0.25, 0.3) is 0 Å². The summed E-state index contributed by atoms with van der Waals surface area (Å²) in [5, 5.41) is 6.50. The molecule has 0 unspecified atom stereocenters. The molecule has 20 heavy (non-hydrogen) atoms. The standard InChI is InChI=1S/C11H19N3O4S2/c1-19(15,16)11-7-12-13-10(11)6-9-4-3-5-14(8-9)20(2,17)18/h7,9H,3-6,8H2,1-2H3,(H,12,13)/t9-/m0/s1. The van der Waals surface area contributed by atoms with Crippen LogP contribution >= 0.6 is 0 Å². The van der Waals surface area contributed by atoms with Gasteiger partial charge in [0.25, 0.3) is 0 Å². The number of piperidine rings is 1. The van der Waals surface area contributed by atoms with Crippen molar-refractivity contribution in [2.45, 2.75) is 24.2 Å². The SMILES string of the molecule is CS(=O)(=O)c1cn[nH]c1C[C@@H]1CCCN(S(C)(=O)=O)C1. The monoisotopic (exact) mass is 321 g/mol. The molecule has 0 amide bonds. The number of H-pyrrole nitrogens is 1. The van der Waals surface area contributed by atoms with Crippen molar-refractivity contribution in [1.82, 2.24) is 14.5 Å². The second-order valence-electron chi connectivity index (χ2n) is 5.32. The van der Waals surface area contributed by atoms with Crippen molar-refractivity contribution < 1.29 is 16.8 Å². The Labute approximate surface area is 119 Å². The molecule has 114 valence electrons. The fourth-order valence-electron chi connectivity index (χ4n) is 2.55. The predicted molar refractivity (Wildman–Crippen MR) is 74.5 cm³/mol. The van der Waals surface area contributed by atoms with Gasteiger partial charge < -0.3 is 0 Å². The van der Waals surface area contributed by atoms with Gasteiger partial charge in [-0.05, 0) is 25.2 Å². The van der Waals surface area contributed by atoms with Crippen LogP contribution in [0.15, 0.2) is 11.1 Å². The minimum Gasteiger partial charge on any atom is -0.281 e. The summed E-state index contributed by atoms with van der Waals surface area (Å²) >= 11 is 0. The molecule has 1 aliphatic heterocycles. The van der Waals surface area contributed by atoms with E-state index in [1.165, 1.54) is 16.8 Å². The zero-order chi connectivity index (χ0) is 15.0. The summed E-state index contributed by atoms with van der Waals surface area (Å²) in [6.07, 6.45) is 5.82. The van der Waals surface area contributed by atoms with E-state index in [2.05, 4.69) is 10.2 Å². The molecule has 0 bridgehead atoms. The Bertz CT molecular complexity index is 678. The number of aromatic amines is 1. The molecule has 0 spiro atoms. The summed E-state index contributed by atoms with van der Waals surface area (Å²) in [7, 11) is -6.50. The lowest BCUT2D eigenvalue weighted by molar-refractivity contribution is 0.265. The quantitative estimate of drug-likeness (QED) is 0.843. The Morgan fingerprint density at radius 2 is 2.05 bits per heavy atom. The third kappa shape index (κ3) is 3.58. The van der Waals surface area contributed by atoms with Gasteiger partial charge in [-0.2, -0.15) is 5.10 Å². The molecule has 2 rings (SSSR count). The Balaban J connectivity index is 2.13. The molecule has 1 aromatic rings. The van der Waals surface area contributed by atoms with Gasteiger partial charge in [-0.3, -0.25) is 5.10 Å². The van der Waals surface area contributed by atoms with Crippen molar-refractivity contribution in [2.75, 3.05) is 25.6 Å². The van der Waals surface area contributed by atoms with Crippen molar-refractivity contribution in [3.8, 4) is 0 Å². The Hall–Kier alpha value is -0.930. The molecular weight excluding hydrogens is 302 g/mol. The number of nitrogens with zero attached hydrogens (tertiary/aromatic N) is 2. The molecule has 9 heteroatoms. The van der Waals surface area contributed by atoms with E-state index >= 15 is 0 Å². The number of hydrogen-bond donors (Lipinski definition) is 1. The summed E-state index contributed by atoms with van der Waals surface area (Å²) < 4.78 is 47.8. The fraction of sp³-hybridized carbons (Fsp3) is 0.727. The van der Waals surface area contributed by atoms with Crippen molar-refractivity contribution in [2.24, 2.45) is 5.92 Å². The van der Waals surface area contributed by atoms with Crippen LogP contribution in [-0.2, 0) is 26.3 Å². The number of sulfonamides is 1. The molecule has 2 heterocycles. The molecule has 1 aliphatic rings. The van der Waals surface area contributed by atoms with Crippen LogP contribution in [0.1, 0.15) is 18.5 Å². The highest BCUT2D eigenvalue weighted by atomic mass is 32.2. The maximum Gasteiger partial charge on any atom is 0.211 e. The highest BCUT2D eigenvalue weighted by Gasteiger charge is 2.27. The summed E-state index contributed by atoms with van der Waals surface area (Å²) in [6.45, 7) is 0.971. The lowest BCUT2D eigenvalue weighted by Gasteiger charge is -2.30. The van der Waals surface area contributed by atoms with Crippen LogP contribution < -0.4 is 0 Å². The molecule has 0 saturated carbocycles. The first-order chi connectivity index (χ1) is 9.18. The summed E-state index contributed by atoms with van der Waals surface area (Å²) in [4.78, 5) is 0.203. The van der Waals surface area contributed by atoms with Gasteiger partial charge in [0.05, 0.1) is 18.1 Å². The van der Waals surface area contributed by atoms with Gasteiger partial charge in [-0.15, -0.1) is 0 Å². The fourth-order valence-corrected chi connectivity index (χ4v) is 4.31. The van der Waals surface area contributed by atoms with Crippen molar-refractivity contribution >= 4 is 19.9 Å². The van der Waals surface area contributed by atoms with Gasteiger partial charge in [0.2, 0.25) is 10.0 Å². The maximum atomic E-state index is 11.6. The van der Waals surface area contributed by atoms with Gasteiger partial charge in [0.1, 0.15) is 4.90 Å². The van der Waals surface area contributed by atoms with E-state index in [9.17, 15) is 16.8 Å². The van der Waals surface area contributed by atoms with Gasteiger partial charge in [0.15, 0.2) is 9.84 Å². The average molecular weight is 321 g/mol. The largest absolute Gasteiger partial charge is 0.281 e. The molecule has 1 saturated heterocycles. The highest BCUT2D eigenvalue weighted by Crippen LogP contribution is 2.24. The van der Waals surface area contributed by atoms with Gasteiger partial charge in [0, 0.05) is 19.3 Å². The first-order valence-corrected chi connectivity index (χ1v) is 10.1. The zero-order valence-corrected chi connectivity index (χ0v) is 13.2. The maximum absolute atomic E-state index is 11.6. The van der Waals surface area contributed by atoms with Crippen molar-refractivity contribution in [3.05, 3.63) is 11.9 Å². The number of nitrogens with one attached hydrogen (secondary N) is 1. The topological polar surface area (TPSA) is 100 Å². The summed E-state index contributed by atoms with van der Waals surface area (Å²) in [5.74, 6) is 0.111. The Morgan fingerprint density at radius 1 is 1.35 bits per heavy atom. The van der Waals surface area contributed by atoms with Crippen molar-refractivity contribution in [3.63, 3.8) is 0 Å².